The molecule has 0 aliphatic carbocycles. The molecular formula is C16H20Cl2N4S. The summed E-state index contributed by atoms with van der Waals surface area (Å²) in [5, 5.41) is 4.27. The molecule has 0 unspecified atom stereocenters. The number of thiazole rings is 1. The second-order valence-electron chi connectivity index (χ2n) is 5.49. The minimum atomic E-state index is 0.573. The van der Waals surface area contributed by atoms with Crippen LogP contribution >= 0.6 is 34.5 Å². The molecule has 2 aromatic rings. The van der Waals surface area contributed by atoms with E-state index in [2.05, 4.69) is 33.1 Å². The molecule has 124 valence electrons. The third kappa shape index (κ3) is 4.10. The van der Waals surface area contributed by atoms with E-state index >= 15 is 0 Å². The summed E-state index contributed by atoms with van der Waals surface area (Å²) in [6.45, 7) is 8.16. The van der Waals surface area contributed by atoms with E-state index in [0.29, 0.717) is 11.0 Å². The molecule has 0 radical (unpaired) electrons. The minimum Gasteiger partial charge on any atom is -0.378 e. The first-order chi connectivity index (χ1) is 11.2. The maximum Gasteiger partial charge on any atom is 0.183 e. The number of piperazine rings is 1. The highest BCUT2D eigenvalue weighted by atomic mass is 35.5. The number of rotatable bonds is 5. The number of halogens is 2. The first kappa shape index (κ1) is 16.8. The van der Waals surface area contributed by atoms with Gasteiger partial charge in [0.25, 0.3) is 0 Å². The Labute approximate surface area is 151 Å². The fourth-order valence-corrected chi connectivity index (χ4v) is 4.03. The Morgan fingerprint density at radius 2 is 2.00 bits per heavy atom. The summed E-state index contributed by atoms with van der Waals surface area (Å²) >= 11 is 13.9. The van der Waals surface area contributed by atoms with Crippen LogP contribution in [0.3, 0.4) is 0 Å². The second kappa shape index (κ2) is 7.71. The van der Waals surface area contributed by atoms with Gasteiger partial charge in [-0.3, -0.25) is 0 Å². The number of aromatic nitrogens is 1. The van der Waals surface area contributed by atoms with Crippen LogP contribution in [0.5, 0.6) is 0 Å². The van der Waals surface area contributed by atoms with Crippen molar-refractivity contribution in [2.45, 2.75) is 13.5 Å². The van der Waals surface area contributed by atoms with E-state index in [1.165, 1.54) is 11.3 Å². The Morgan fingerprint density at radius 1 is 1.22 bits per heavy atom. The number of hydrogen-bond acceptors (Lipinski definition) is 5. The van der Waals surface area contributed by atoms with E-state index in [0.717, 1.165) is 54.0 Å². The first-order valence-electron chi connectivity index (χ1n) is 7.77. The van der Waals surface area contributed by atoms with Gasteiger partial charge in [-0.05, 0) is 18.7 Å². The van der Waals surface area contributed by atoms with Gasteiger partial charge in [-0.25, -0.2) is 4.98 Å². The molecule has 1 aliphatic heterocycles. The van der Waals surface area contributed by atoms with Crippen molar-refractivity contribution in [3.8, 4) is 0 Å². The molecule has 0 bridgehead atoms. The van der Waals surface area contributed by atoms with Crippen molar-refractivity contribution < 1.29 is 0 Å². The molecule has 1 fully saturated rings. The normalized spacial score (nSPS) is 15.9. The molecule has 4 nitrogen and oxygen atoms in total. The average Bonchev–Trinajstić information content (AvgIpc) is 2.99. The van der Waals surface area contributed by atoms with Crippen LogP contribution in [-0.2, 0) is 6.54 Å². The number of anilines is 2. The Balaban J connectivity index is 1.74. The summed E-state index contributed by atoms with van der Waals surface area (Å²) in [7, 11) is 0. The average molecular weight is 371 g/mol. The van der Waals surface area contributed by atoms with Gasteiger partial charge in [-0.15, -0.1) is 11.3 Å². The van der Waals surface area contributed by atoms with Gasteiger partial charge in [-0.2, -0.15) is 0 Å². The third-order valence-electron chi connectivity index (χ3n) is 4.10. The molecule has 23 heavy (non-hydrogen) atoms. The summed E-state index contributed by atoms with van der Waals surface area (Å²) in [6.07, 6.45) is 1.81. The number of nitrogens with zero attached hydrogens (tertiary/aromatic N) is 3. The van der Waals surface area contributed by atoms with Gasteiger partial charge in [0.15, 0.2) is 4.47 Å². The van der Waals surface area contributed by atoms with Crippen LogP contribution in [0.2, 0.25) is 9.49 Å². The fourth-order valence-electron chi connectivity index (χ4n) is 2.81. The zero-order valence-corrected chi connectivity index (χ0v) is 15.4. The van der Waals surface area contributed by atoms with E-state index < -0.39 is 0 Å². The third-order valence-corrected chi connectivity index (χ3v) is 5.52. The number of para-hydroxylation sites is 1. The Kier molecular flexibility index (Phi) is 5.64. The van der Waals surface area contributed by atoms with Crippen molar-refractivity contribution in [2.24, 2.45) is 0 Å². The van der Waals surface area contributed by atoms with Gasteiger partial charge < -0.3 is 15.1 Å². The highest BCUT2D eigenvalue weighted by Gasteiger charge is 2.20. The molecule has 0 spiro atoms. The number of nitrogens with one attached hydrogen (secondary N) is 1. The van der Waals surface area contributed by atoms with Gasteiger partial charge in [0.05, 0.1) is 22.9 Å². The molecule has 1 saturated heterocycles. The van der Waals surface area contributed by atoms with Crippen LogP contribution in [0.25, 0.3) is 0 Å². The number of hydrogen-bond donors (Lipinski definition) is 1. The van der Waals surface area contributed by atoms with Crippen LogP contribution in [0.1, 0.15) is 11.8 Å². The summed E-state index contributed by atoms with van der Waals surface area (Å²) < 4.78 is 0.573. The molecule has 2 heterocycles. The van der Waals surface area contributed by atoms with Crippen LogP contribution < -0.4 is 10.2 Å². The molecule has 1 aliphatic rings. The van der Waals surface area contributed by atoms with Gasteiger partial charge in [0.2, 0.25) is 0 Å². The van der Waals surface area contributed by atoms with Crippen molar-refractivity contribution >= 4 is 45.9 Å². The lowest BCUT2D eigenvalue weighted by Crippen LogP contribution is -2.46. The van der Waals surface area contributed by atoms with Crippen molar-refractivity contribution in [1.29, 1.82) is 0 Å². The van der Waals surface area contributed by atoms with E-state index in [4.69, 9.17) is 23.2 Å². The highest BCUT2D eigenvalue weighted by Crippen LogP contribution is 2.35. The summed E-state index contributed by atoms with van der Waals surface area (Å²) in [4.78, 5) is 10.0. The van der Waals surface area contributed by atoms with Crippen LogP contribution in [-0.4, -0.2) is 42.6 Å². The lowest BCUT2D eigenvalue weighted by Gasteiger charge is -2.37. The zero-order valence-electron chi connectivity index (χ0n) is 13.1. The van der Waals surface area contributed by atoms with Crippen molar-refractivity contribution in [3.05, 3.63) is 38.8 Å². The monoisotopic (exact) mass is 370 g/mol. The molecule has 1 aromatic heterocycles. The predicted molar refractivity (Wildman–Crippen MR) is 100 cm³/mol. The van der Waals surface area contributed by atoms with Crippen LogP contribution in [0, 0.1) is 0 Å². The summed E-state index contributed by atoms with van der Waals surface area (Å²) in [5.41, 5.74) is 2.16. The largest absolute Gasteiger partial charge is 0.378 e. The topological polar surface area (TPSA) is 31.4 Å². The quantitative estimate of drug-likeness (QED) is 0.854. The molecule has 0 saturated carbocycles. The highest BCUT2D eigenvalue weighted by molar-refractivity contribution is 7.15. The molecule has 3 rings (SSSR count). The maximum absolute atomic E-state index is 6.49. The van der Waals surface area contributed by atoms with Gasteiger partial charge in [0.1, 0.15) is 0 Å². The van der Waals surface area contributed by atoms with E-state index in [1.807, 2.05) is 18.3 Å². The maximum atomic E-state index is 6.49. The Morgan fingerprint density at radius 3 is 2.65 bits per heavy atom. The lowest BCUT2D eigenvalue weighted by molar-refractivity contribution is 0.271. The smallest absolute Gasteiger partial charge is 0.183 e. The summed E-state index contributed by atoms with van der Waals surface area (Å²) in [6, 6.07) is 6.02. The molecular weight excluding hydrogens is 351 g/mol. The SMILES string of the molecule is CCN1CCN(c2c(Cl)cccc2NCc2cnc(Cl)s2)CC1. The first-order valence-corrected chi connectivity index (χ1v) is 9.34. The van der Waals surface area contributed by atoms with Gasteiger partial charge in [-0.1, -0.05) is 36.2 Å². The lowest BCUT2D eigenvalue weighted by atomic mass is 10.2. The van der Waals surface area contributed by atoms with Crippen LogP contribution in [0.15, 0.2) is 24.4 Å². The minimum absolute atomic E-state index is 0.573. The zero-order chi connectivity index (χ0) is 16.2. The van der Waals surface area contributed by atoms with Gasteiger partial charge in [0, 0.05) is 37.3 Å². The van der Waals surface area contributed by atoms with Crippen LogP contribution in [0.4, 0.5) is 11.4 Å². The van der Waals surface area contributed by atoms with E-state index in [1.54, 1.807) is 0 Å². The van der Waals surface area contributed by atoms with Crippen molar-refractivity contribution in [2.75, 3.05) is 42.9 Å². The Bertz CT molecular complexity index is 653. The van der Waals surface area contributed by atoms with Gasteiger partial charge >= 0.3 is 0 Å². The van der Waals surface area contributed by atoms with Crippen molar-refractivity contribution in [3.63, 3.8) is 0 Å². The fraction of sp³-hybridized carbons (Fsp3) is 0.438. The standard InChI is InChI=1S/C16H20Cl2N4S/c1-2-21-6-8-22(9-7-21)15-13(17)4-3-5-14(15)19-10-12-11-20-16(18)23-12/h3-5,11,19H,2,6-10H2,1H3. The predicted octanol–water partition coefficient (Wildman–Crippen LogP) is 4.20. The summed E-state index contributed by atoms with van der Waals surface area (Å²) in [5.74, 6) is 0. The van der Waals surface area contributed by atoms with E-state index in [-0.39, 0.29) is 0 Å². The molecule has 1 aromatic carbocycles. The molecule has 0 amide bonds. The van der Waals surface area contributed by atoms with Crippen molar-refractivity contribution in [1.82, 2.24) is 9.88 Å². The molecule has 1 N–H and O–H groups in total. The number of likely N-dealkylation sites (N-methyl/N-ethyl adjacent to an activating group) is 1. The molecule has 0 atom stereocenters. The molecule has 7 heteroatoms. The van der Waals surface area contributed by atoms with E-state index in [9.17, 15) is 0 Å². The Hall–Kier alpha value is -1.01. The number of benzene rings is 1. The second-order valence-corrected chi connectivity index (χ2v) is 7.59.